The maximum Gasteiger partial charge on any atom is 0.185 e. The Kier molecular flexibility index (Phi) is 12.2. The first kappa shape index (κ1) is 26.9. The summed E-state index contributed by atoms with van der Waals surface area (Å²) >= 11 is 1.54. The predicted molar refractivity (Wildman–Crippen MR) is 141 cm³/mol. The van der Waals surface area contributed by atoms with E-state index in [1.807, 2.05) is 6.20 Å². The van der Waals surface area contributed by atoms with Crippen LogP contribution >= 0.6 is 11.3 Å². The molecular weight excluding hydrogens is 444 g/mol. The summed E-state index contributed by atoms with van der Waals surface area (Å²) in [6, 6.07) is 1.73. The quantitative estimate of drug-likeness (QED) is 0.226. The second-order valence-electron chi connectivity index (χ2n) is 9.81. The van der Waals surface area contributed by atoms with Gasteiger partial charge in [-0.05, 0) is 19.3 Å². The Morgan fingerprint density at radius 3 is 2.29 bits per heavy atom. The van der Waals surface area contributed by atoms with E-state index in [9.17, 15) is 4.79 Å². The summed E-state index contributed by atoms with van der Waals surface area (Å²) < 4.78 is 11.4. The van der Waals surface area contributed by atoms with Crippen LogP contribution in [0.5, 0.6) is 0 Å². The summed E-state index contributed by atoms with van der Waals surface area (Å²) in [5.41, 5.74) is 6.54. The number of carbonyl (C=O) groups is 1. The minimum Gasteiger partial charge on any atom is -0.460 e. The number of ether oxygens (including phenoxy) is 1. The molecule has 0 bridgehead atoms. The number of unbranched alkanes of at least 4 members (excludes halogenated alkanes) is 12. The number of aromatic nitrogens is 1. The highest BCUT2D eigenvalue weighted by molar-refractivity contribution is 7.15. The lowest BCUT2D eigenvalue weighted by Crippen LogP contribution is -2.25. The van der Waals surface area contributed by atoms with E-state index in [1.165, 1.54) is 77.0 Å². The molecule has 2 unspecified atom stereocenters. The summed E-state index contributed by atoms with van der Waals surface area (Å²) in [5.74, 6) is 1.13. The highest BCUT2D eigenvalue weighted by atomic mass is 32.1. The molecule has 0 amide bonds. The van der Waals surface area contributed by atoms with Gasteiger partial charge in [-0.1, -0.05) is 84.0 Å². The number of furan rings is 1. The molecule has 2 N–H and O–H groups in total. The van der Waals surface area contributed by atoms with Gasteiger partial charge in [0.25, 0.3) is 0 Å². The zero-order valence-electron chi connectivity index (χ0n) is 21.1. The van der Waals surface area contributed by atoms with E-state index >= 15 is 0 Å². The normalized spacial score (nSPS) is 18.4. The molecule has 2 atom stereocenters. The number of Topliss-reactive ketones (excluding diaryl/α,β-unsaturated/α-hetero) is 1. The molecule has 6 heteroatoms. The van der Waals surface area contributed by atoms with Gasteiger partial charge in [-0.3, -0.25) is 4.79 Å². The van der Waals surface area contributed by atoms with E-state index in [1.54, 1.807) is 23.7 Å². The molecular formula is C28H44N2O3S. The molecule has 0 aliphatic carbocycles. The Morgan fingerprint density at radius 1 is 1.03 bits per heavy atom. The smallest absolute Gasteiger partial charge is 0.185 e. The minimum atomic E-state index is -0.0585. The highest BCUT2D eigenvalue weighted by Crippen LogP contribution is 2.39. The average molecular weight is 489 g/mol. The molecule has 1 saturated heterocycles. The Labute approximate surface area is 209 Å². The van der Waals surface area contributed by atoms with Crippen molar-refractivity contribution in [2.24, 2.45) is 5.92 Å². The minimum absolute atomic E-state index is 0.0585. The van der Waals surface area contributed by atoms with Crippen LogP contribution in [0.3, 0.4) is 0 Å². The summed E-state index contributed by atoms with van der Waals surface area (Å²) in [4.78, 5) is 18.3. The number of nitrogens with zero attached hydrogens (tertiary/aromatic N) is 1. The number of hydrogen-bond donors (Lipinski definition) is 1. The topological polar surface area (TPSA) is 78.3 Å². The number of hydrogen-bond acceptors (Lipinski definition) is 6. The molecule has 0 aromatic carbocycles. The van der Waals surface area contributed by atoms with Gasteiger partial charge in [0, 0.05) is 31.2 Å². The van der Waals surface area contributed by atoms with Gasteiger partial charge in [-0.15, -0.1) is 11.3 Å². The Morgan fingerprint density at radius 2 is 1.68 bits per heavy atom. The Bertz CT molecular complexity index is 831. The van der Waals surface area contributed by atoms with Crippen LogP contribution in [0.4, 0.5) is 5.69 Å². The fourth-order valence-electron chi connectivity index (χ4n) is 4.84. The molecule has 2 aromatic heterocycles. The third-order valence-corrected chi connectivity index (χ3v) is 8.09. The van der Waals surface area contributed by atoms with Crippen LogP contribution in [0, 0.1) is 5.92 Å². The van der Waals surface area contributed by atoms with Crippen LogP contribution in [0.1, 0.15) is 121 Å². The second kappa shape index (κ2) is 15.4. The van der Waals surface area contributed by atoms with Gasteiger partial charge in [0.1, 0.15) is 5.78 Å². The molecule has 1 aliphatic rings. The third kappa shape index (κ3) is 8.84. The van der Waals surface area contributed by atoms with Crippen LogP contribution < -0.4 is 5.73 Å². The molecule has 1 fully saturated rings. The van der Waals surface area contributed by atoms with Gasteiger partial charge in [-0.25, -0.2) is 4.98 Å². The summed E-state index contributed by atoms with van der Waals surface area (Å²) in [6.45, 7) is 2.91. The molecule has 190 valence electrons. The standard InChI is InChI=1S/C28H44N2O3S/c1-2-3-4-5-6-7-8-9-10-11-12-13-14-15-24(31)22-16-18-32-25(20-22)26-21-30-28(34-26)27-23(29)17-19-33-27/h17,19,21-22,25H,2-16,18,20,29H2,1H3. The van der Waals surface area contributed by atoms with Crippen LogP contribution in [0.25, 0.3) is 10.8 Å². The largest absolute Gasteiger partial charge is 0.460 e. The highest BCUT2D eigenvalue weighted by Gasteiger charge is 2.30. The van der Waals surface area contributed by atoms with Crippen LogP contribution in [-0.2, 0) is 9.53 Å². The number of carbonyl (C=O) groups excluding carboxylic acids is 1. The molecule has 3 heterocycles. The number of ketones is 1. The van der Waals surface area contributed by atoms with Crippen LogP contribution in [-0.4, -0.2) is 17.4 Å². The summed E-state index contributed by atoms with van der Waals surface area (Å²) in [5, 5.41) is 0.765. The first-order chi connectivity index (χ1) is 16.7. The Hall–Kier alpha value is -1.66. The fourth-order valence-corrected chi connectivity index (χ4v) is 5.83. The number of rotatable bonds is 17. The molecule has 1 aliphatic heterocycles. The number of thiazole rings is 1. The lowest BCUT2D eigenvalue weighted by molar-refractivity contribution is -0.128. The monoisotopic (exact) mass is 488 g/mol. The van der Waals surface area contributed by atoms with Gasteiger partial charge in [-0.2, -0.15) is 0 Å². The predicted octanol–water partition coefficient (Wildman–Crippen LogP) is 8.50. The molecule has 0 saturated carbocycles. The molecule has 0 radical (unpaired) electrons. The molecule has 0 spiro atoms. The SMILES string of the molecule is CCCCCCCCCCCCCCCC(=O)C1CCOC(c2cnc(-c3occc3N)s2)C1. The average Bonchev–Trinajstić information content (AvgIpc) is 3.51. The Balaban J connectivity index is 1.25. The van der Waals surface area contributed by atoms with Gasteiger partial charge < -0.3 is 14.9 Å². The van der Waals surface area contributed by atoms with Crippen molar-refractivity contribution < 1.29 is 13.9 Å². The first-order valence-corrected chi connectivity index (χ1v) is 14.4. The molecule has 34 heavy (non-hydrogen) atoms. The zero-order valence-corrected chi connectivity index (χ0v) is 21.9. The lowest BCUT2D eigenvalue weighted by Gasteiger charge is -2.28. The van der Waals surface area contributed by atoms with E-state index < -0.39 is 0 Å². The molecule has 2 aromatic rings. The van der Waals surface area contributed by atoms with Gasteiger partial charge in [0.2, 0.25) is 0 Å². The van der Waals surface area contributed by atoms with E-state index in [0.717, 1.165) is 29.1 Å². The first-order valence-electron chi connectivity index (χ1n) is 13.6. The van der Waals surface area contributed by atoms with Crippen molar-refractivity contribution in [3.63, 3.8) is 0 Å². The van der Waals surface area contributed by atoms with Crippen molar-refractivity contribution in [1.82, 2.24) is 4.98 Å². The number of nitrogens with two attached hydrogens (primary N) is 1. The van der Waals surface area contributed by atoms with Crippen molar-refractivity contribution in [3.8, 4) is 10.8 Å². The van der Waals surface area contributed by atoms with Gasteiger partial charge >= 0.3 is 0 Å². The maximum atomic E-state index is 12.8. The van der Waals surface area contributed by atoms with Crippen molar-refractivity contribution >= 4 is 22.8 Å². The summed E-state index contributed by atoms with van der Waals surface area (Å²) in [7, 11) is 0. The van der Waals surface area contributed by atoms with Crippen LogP contribution in [0.15, 0.2) is 22.9 Å². The van der Waals surface area contributed by atoms with Crippen molar-refractivity contribution in [2.45, 2.75) is 116 Å². The van der Waals surface area contributed by atoms with Gasteiger partial charge in [0.05, 0.1) is 22.9 Å². The van der Waals surface area contributed by atoms with E-state index in [-0.39, 0.29) is 12.0 Å². The van der Waals surface area contributed by atoms with Gasteiger partial charge in [0.15, 0.2) is 10.8 Å². The number of nitrogen functional groups attached to an aromatic ring is 1. The number of anilines is 1. The second-order valence-corrected chi connectivity index (χ2v) is 10.9. The third-order valence-electron chi connectivity index (χ3n) is 7.00. The summed E-state index contributed by atoms with van der Waals surface area (Å²) in [6.07, 6.45) is 23.0. The van der Waals surface area contributed by atoms with Crippen molar-refractivity contribution in [2.75, 3.05) is 12.3 Å². The van der Waals surface area contributed by atoms with Crippen LogP contribution in [0.2, 0.25) is 0 Å². The van der Waals surface area contributed by atoms with E-state index in [0.29, 0.717) is 30.3 Å². The molecule has 5 nitrogen and oxygen atoms in total. The zero-order chi connectivity index (χ0) is 24.0. The van der Waals surface area contributed by atoms with E-state index in [2.05, 4.69) is 11.9 Å². The van der Waals surface area contributed by atoms with Crippen molar-refractivity contribution in [3.05, 3.63) is 23.4 Å². The van der Waals surface area contributed by atoms with E-state index in [4.69, 9.17) is 14.9 Å². The lowest BCUT2D eigenvalue weighted by atomic mass is 9.88. The molecule has 3 rings (SSSR count). The fraction of sp³-hybridized carbons (Fsp3) is 0.714. The van der Waals surface area contributed by atoms with Crippen molar-refractivity contribution in [1.29, 1.82) is 0 Å². The maximum absolute atomic E-state index is 12.8.